The van der Waals surface area contributed by atoms with Gasteiger partial charge in [0.15, 0.2) is 5.13 Å². The number of nitrogen functional groups attached to an aromatic ring is 1. The molecule has 0 aromatic carbocycles. The van der Waals surface area contributed by atoms with Crippen molar-refractivity contribution in [1.82, 2.24) is 9.97 Å². The number of anilines is 3. The Labute approximate surface area is 126 Å². The molecule has 2 heterocycles. The van der Waals surface area contributed by atoms with E-state index in [1.807, 2.05) is 0 Å². The molecule has 3 rings (SSSR count). The van der Waals surface area contributed by atoms with Crippen LogP contribution in [0, 0.1) is 0 Å². The molecule has 1 saturated carbocycles. The lowest BCUT2D eigenvalue weighted by molar-refractivity contribution is 0.0527. The van der Waals surface area contributed by atoms with Crippen molar-refractivity contribution in [2.45, 2.75) is 25.7 Å². The first-order chi connectivity index (χ1) is 10.2. The minimum Gasteiger partial charge on any atom is -0.462 e. The van der Waals surface area contributed by atoms with Gasteiger partial charge < -0.3 is 15.8 Å². The largest absolute Gasteiger partial charge is 0.462 e. The molecule has 6 nitrogen and oxygen atoms in total. The lowest BCUT2D eigenvalue weighted by atomic mass is 10.2. The van der Waals surface area contributed by atoms with Crippen molar-refractivity contribution >= 4 is 33.9 Å². The van der Waals surface area contributed by atoms with E-state index in [0.717, 1.165) is 10.8 Å². The molecule has 1 aliphatic carbocycles. The van der Waals surface area contributed by atoms with E-state index in [4.69, 9.17) is 10.5 Å². The van der Waals surface area contributed by atoms with E-state index in [0.29, 0.717) is 29.6 Å². The SMILES string of the molecule is CCOC(=O)c1cc(Nc2nc(C3CC3)cs2)ncc1N. The number of carbonyl (C=O) groups is 1. The average Bonchev–Trinajstić information content (AvgIpc) is 3.22. The quantitative estimate of drug-likeness (QED) is 0.825. The molecule has 0 unspecified atom stereocenters. The van der Waals surface area contributed by atoms with Crippen LogP contribution in [0.15, 0.2) is 17.6 Å². The standard InChI is InChI=1S/C14H16N4O2S/c1-2-20-13(19)9-5-12(16-6-10(9)15)18-14-17-11(7-21-14)8-3-4-8/h5-8H,2-4,15H2,1H3,(H,16,17,18). The number of rotatable bonds is 5. The molecular weight excluding hydrogens is 288 g/mol. The number of nitrogens with two attached hydrogens (primary N) is 1. The number of hydrogen-bond acceptors (Lipinski definition) is 7. The Morgan fingerprint density at radius 3 is 3.10 bits per heavy atom. The predicted octanol–water partition coefficient (Wildman–Crippen LogP) is 2.92. The van der Waals surface area contributed by atoms with E-state index >= 15 is 0 Å². The first-order valence-electron chi connectivity index (χ1n) is 6.82. The number of esters is 1. The molecule has 0 spiro atoms. The second-order valence-corrected chi connectivity index (χ2v) is 5.71. The molecule has 1 aliphatic rings. The molecule has 2 aromatic heterocycles. The molecule has 21 heavy (non-hydrogen) atoms. The van der Waals surface area contributed by atoms with Crippen LogP contribution in [0.1, 0.15) is 41.7 Å². The summed E-state index contributed by atoms with van der Waals surface area (Å²) < 4.78 is 4.97. The Morgan fingerprint density at radius 1 is 1.57 bits per heavy atom. The van der Waals surface area contributed by atoms with Gasteiger partial charge in [-0.2, -0.15) is 0 Å². The molecule has 3 N–H and O–H groups in total. The predicted molar refractivity (Wildman–Crippen MR) is 82.0 cm³/mol. The van der Waals surface area contributed by atoms with Gasteiger partial charge in [0.25, 0.3) is 0 Å². The summed E-state index contributed by atoms with van der Waals surface area (Å²) in [6, 6.07) is 1.59. The van der Waals surface area contributed by atoms with Crippen molar-refractivity contribution in [1.29, 1.82) is 0 Å². The van der Waals surface area contributed by atoms with Crippen LogP contribution in [0.5, 0.6) is 0 Å². The second-order valence-electron chi connectivity index (χ2n) is 4.85. The minimum absolute atomic E-state index is 0.303. The number of pyridine rings is 1. The van der Waals surface area contributed by atoms with E-state index in [1.54, 1.807) is 13.0 Å². The maximum absolute atomic E-state index is 11.8. The van der Waals surface area contributed by atoms with Gasteiger partial charge in [0.05, 0.1) is 29.7 Å². The fourth-order valence-electron chi connectivity index (χ4n) is 1.94. The molecule has 2 aromatic rings. The maximum atomic E-state index is 11.8. The third-order valence-corrected chi connectivity index (χ3v) is 3.96. The van der Waals surface area contributed by atoms with Crippen LogP contribution in [0.2, 0.25) is 0 Å². The smallest absolute Gasteiger partial charge is 0.340 e. The summed E-state index contributed by atoms with van der Waals surface area (Å²) in [6.45, 7) is 2.06. The monoisotopic (exact) mass is 304 g/mol. The van der Waals surface area contributed by atoms with Gasteiger partial charge in [-0.05, 0) is 25.8 Å². The lowest BCUT2D eigenvalue weighted by Gasteiger charge is -2.07. The first-order valence-corrected chi connectivity index (χ1v) is 7.70. The zero-order valence-corrected chi connectivity index (χ0v) is 12.4. The van der Waals surface area contributed by atoms with E-state index in [9.17, 15) is 4.79 Å². The van der Waals surface area contributed by atoms with Crippen LogP contribution < -0.4 is 11.1 Å². The lowest BCUT2D eigenvalue weighted by Crippen LogP contribution is -2.09. The highest BCUT2D eigenvalue weighted by atomic mass is 32.1. The van der Waals surface area contributed by atoms with Gasteiger partial charge in [-0.15, -0.1) is 11.3 Å². The third kappa shape index (κ3) is 3.13. The summed E-state index contributed by atoms with van der Waals surface area (Å²) in [5.41, 5.74) is 7.51. The third-order valence-electron chi connectivity index (χ3n) is 3.18. The first kappa shape index (κ1) is 13.8. The van der Waals surface area contributed by atoms with E-state index in [2.05, 4.69) is 20.7 Å². The normalized spacial score (nSPS) is 14.0. The van der Waals surface area contributed by atoms with Gasteiger partial charge >= 0.3 is 5.97 Å². The zero-order chi connectivity index (χ0) is 14.8. The maximum Gasteiger partial charge on any atom is 0.340 e. The number of hydrogen-bond donors (Lipinski definition) is 2. The molecule has 0 atom stereocenters. The highest BCUT2D eigenvalue weighted by molar-refractivity contribution is 7.13. The van der Waals surface area contributed by atoms with Crippen LogP contribution in [0.3, 0.4) is 0 Å². The topological polar surface area (TPSA) is 90.1 Å². The van der Waals surface area contributed by atoms with Crippen molar-refractivity contribution in [2.24, 2.45) is 0 Å². The molecule has 1 fully saturated rings. The molecule has 110 valence electrons. The van der Waals surface area contributed by atoms with Gasteiger partial charge in [0.1, 0.15) is 5.82 Å². The minimum atomic E-state index is -0.446. The molecule has 0 bridgehead atoms. The summed E-state index contributed by atoms with van der Waals surface area (Å²) in [4.78, 5) is 20.5. The highest BCUT2D eigenvalue weighted by Gasteiger charge is 2.26. The van der Waals surface area contributed by atoms with E-state index in [1.165, 1.54) is 30.4 Å². The fraction of sp³-hybridized carbons (Fsp3) is 0.357. The number of aromatic nitrogens is 2. The van der Waals surface area contributed by atoms with Crippen LogP contribution in [-0.4, -0.2) is 22.5 Å². The molecule has 0 radical (unpaired) electrons. The Balaban J connectivity index is 1.78. The number of nitrogens with zero attached hydrogens (tertiary/aromatic N) is 2. The summed E-state index contributed by atoms with van der Waals surface area (Å²) >= 11 is 1.53. The summed E-state index contributed by atoms with van der Waals surface area (Å²) in [5.74, 6) is 0.702. The average molecular weight is 304 g/mol. The van der Waals surface area contributed by atoms with Crippen molar-refractivity contribution in [3.63, 3.8) is 0 Å². The summed E-state index contributed by atoms with van der Waals surface area (Å²) in [5, 5.41) is 5.93. The van der Waals surface area contributed by atoms with Gasteiger partial charge in [-0.1, -0.05) is 0 Å². The van der Waals surface area contributed by atoms with Crippen LogP contribution in [0.25, 0.3) is 0 Å². The Morgan fingerprint density at radius 2 is 2.38 bits per heavy atom. The van der Waals surface area contributed by atoms with Crippen molar-refractivity contribution in [3.05, 3.63) is 28.9 Å². The number of thiazole rings is 1. The molecule has 0 amide bonds. The van der Waals surface area contributed by atoms with Crippen LogP contribution in [-0.2, 0) is 4.74 Å². The number of carbonyl (C=O) groups excluding carboxylic acids is 1. The van der Waals surface area contributed by atoms with Crippen molar-refractivity contribution in [2.75, 3.05) is 17.7 Å². The second kappa shape index (κ2) is 5.69. The van der Waals surface area contributed by atoms with E-state index in [-0.39, 0.29) is 0 Å². The van der Waals surface area contributed by atoms with E-state index < -0.39 is 5.97 Å². The van der Waals surface area contributed by atoms with Crippen LogP contribution in [0.4, 0.5) is 16.6 Å². The Bertz CT molecular complexity index is 667. The summed E-state index contributed by atoms with van der Waals surface area (Å²) in [6.07, 6.45) is 3.89. The molecular formula is C14H16N4O2S. The fourth-order valence-corrected chi connectivity index (χ4v) is 2.74. The van der Waals surface area contributed by atoms with Gasteiger partial charge in [0.2, 0.25) is 0 Å². The highest BCUT2D eigenvalue weighted by Crippen LogP contribution is 2.41. The Hall–Kier alpha value is -2.15. The van der Waals surface area contributed by atoms with Crippen LogP contribution >= 0.6 is 11.3 Å². The zero-order valence-electron chi connectivity index (χ0n) is 11.6. The van der Waals surface area contributed by atoms with Crippen molar-refractivity contribution < 1.29 is 9.53 Å². The molecule has 7 heteroatoms. The number of nitrogens with one attached hydrogen (secondary N) is 1. The molecule has 0 saturated heterocycles. The van der Waals surface area contributed by atoms with Crippen molar-refractivity contribution in [3.8, 4) is 0 Å². The summed E-state index contributed by atoms with van der Waals surface area (Å²) in [7, 11) is 0. The molecule has 0 aliphatic heterocycles. The van der Waals surface area contributed by atoms with Gasteiger partial charge in [-0.3, -0.25) is 0 Å². The Kier molecular flexibility index (Phi) is 3.74. The van der Waals surface area contributed by atoms with Gasteiger partial charge in [-0.25, -0.2) is 14.8 Å². The number of ether oxygens (including phenoxy) is 1. The van der Waals surface area contributed by atoms with Gasteiger partial charge in [0, 0.05) is 11.3 Å².